The maximum atomic E-state index is 14.7. The Bertz CT molecular complexity index is 716. The zero-order chi connectivity index (χ0) is 18.3. The fourth-order valence-electron chi connectivity index (χ4n) is 4.07. The van der Waals surface area contributed by atoms with Gasteiger partial charge < -0.3 is 20.3 Å². The standard InChI is InChI=1S/C18H23FN4O3/c1-11(24)21-7-15-10-23(18(25)26-15)14-2-3-17(16(19)4-14)22-8-12-5-20-6-13(12)9-22/h2-4,12-13,15,20H,5-10H2,1H3,(H,21,24)/t12-,13+,15-/m0/s1. The van der Waals surface area contributed by atoms with E-state index in [0.717, 1.165) is 26.2 Å². The molecule has 3 saturated heterocycles. The van der Waals surface area contributed by atoms with Gasteiger partial charge in [0.1, 0.15) is 11.9 Å². The second-order valence-corrected chi connectivity index (χ2v) is 7.27. The van der Waals surface area contributed by atoms with E-state index in [2.05, 4.69) is 15.5 Å². The van der Waals surface area contributed by atoms with Gasteiger partial charge in [0.15, 0.2) is 0 Å². The van der Waals surface area contributed by atoms with Crippen molar-refractivity contribution in [2.75, 3.05) is 49.1 Å². The third kappa shape index (κ3) is 3.21. The number of anilines is 2. The van der Waals surface area contributed by atoms with Crippen LogP contribution < -0.4 is 20.4 Å². The number of rotatable bonds is 4. The number of halogens is 1. The number of hydrogen-bond acceptors (Lipinski definition) is 5. The van der Waals surface area contributed by atoms with E-state index in [1.807, 2.05) is 0 Å². The van der Waals surface area contributed by atoms with Crippen LogP contribution in [-0.2, 0) is 9.53 Å². The molecule has 0 radical (unpaired) electrons. The molecule has 140 valence electrons. The average molecular weight is 362 g/mol. The predicted molar refractivity (Wildman–Crippen MR) is 94.8 cm³/mol. The van der Waals surface area contributed by atoms with Crippen LogP contribution in [0.1, 0.15) is 6.92 Å². The Labute approximate surface area is 151 Å². The van der Waals surface area contributed by atoms with Crippen LogP contribution >= 0.6 is 0 Å². The van der Waals surface area contributed by atoms with E-state index in [9.17, 15) is 14.0 Å². The number of cyclic esters (lactones) is 1. The van der Waals surface area contributed by atoms with Gasteiger partial charge in [0, 0.05) is 33.1 Å². The number of ether oxygens (including phenoxy) is 1. The van der Waals surface area contributed by atoms with Crippen molar-refractivity contribution in [1.82, 2.24) is 10.6 Å². The van der Waals surface area contributed by atoms with Crippen molar-refractivity contribution in [3.63, 3.8) is 0 Å². The summed E-state index contributed by atoms with van der Waals surface area (Å²) < 4.78 is 19.9. The van der Waals surface area contributed by atoms with Gasteiger partial charge in [-0.25, -0.2) is 9.18 Å². The fourth-order valence-corrected chi connectivity index (χ4v) is 4.07. The van der Waals surface area contributed by atoms with Crippen molar-refractivity contribution in [2.24, 2.45) is 11.8 Å². The van der Waals surface area contributed by atoms with Crippen LogP contribution in [0.5, 0.6) is 0 Å². The minimum absolute atomic E-state index is 0.180. The Morgan fingerprint density at radius 2 is 2.04 bits per heavy atom. The smallest absolute Gasteiger partial charge is 0.414 e. The normalized spacial score (nSPS) is 27.6. The van der Waals surface area contributed by atoms with Gasteiger partial charge in [-0.05, 0) is 30.0 Å². The molecular weight excluding hydrogens is 339 g/mol. The molecule has 1 aromatic carbocycles. The molecule has 2 N–H and O–H groups in total. The highest BCUT2D eigenvalue weighted by Gasteiger charge is 2.37. The monoisotopic (exact) mass is 362 g/mol. The van der Waals surface area contributed by atoms with E-state index in [1.54, 1.807) is 12.1 Å². The number of carbonyl (C=O) groups excluding carboxylic acids is 2. The maximum absolute atomic E-state index is 14.7. The maximum Gasteiger partial charge on any atom is 0.414 e. The number of benzene rings is 1. The lowest BCUT2D eigenvalue weighted by molar-refractivity contribution is -0.119. The van der Waals surface area contributed by atoms with Gasteiger partial charge in [-0.15, -0.1) is 0 Å². The van der Waals surface area contributed by atoms with Crippen LogP contribution in [0, 0.1) is 17.7 Å². The molecule has 26 heavy (non-hydrogen) atoms. The molecule has 1 aromatic rings. The average Bonchev–Trinajstić information content (AvgIpc) is 3.27. The molecule has 0 aromatic heterocycles. The number of nitrogens with one attached hydrogen (secondary N) is 2. The van der Waals surface area contributed by atoms with Gasteiger partial charge in [0.05, 0.1) is 24.5 Å². The van der Waals surface area contributed by atoms with Crippen molar-refractivity contribution in [3.05, 3.63) is 24.0 Å². The van der Waals surface area contributed by atoms with Crippen LogP contribution in [-0.4, -0.2) is 57.4 Å². The lowest BCUT2D eigenvalue weighted by atomic mass is 10.0. The third-order valence-corrected chi connectivity index (χ3v) is 5.43. The van der Waals surface area contributed by atoms with E-state index in [1.165, 1.54) is 17.9 Å². The van der Waals surface area contributed by atoms with Gasteiger partial charge in [-0.2, -0.15) is 0 Å². The quantitative estimate of drug-likeness (QED) is 0.834. The molecule has 4 rings (SSSR count). The van der Waals surface area contributed by atoms with Crippen molar-refractivity contribution in [2.45, 2.75) is 13.0 Å². The molecule has 8 heteroatoms. The van der Waals surface area contributed by atoms with E-state index < -0.39 is 12.2 Å². The molecule has 3 aliphatic rings. The molecule has 3 fully saturated rings. The fraction of sp³-hybridized carbons (Fsp3) is 0.556. The minimum atomic E-state index is -0.519. The number of nitrogens with zero attached hydrogens (tertiary/aromatic N) is 2. The summed E-state index contributed by atoms with van der Waals surface area (Å²) in [5.41, 5.74) is 1.06. The highest BCUT2D eigenvalue weighted by atomic mass is 19.1. The third-order valence-electron chi connectivity index (χ3n) is 5.43. The second kappa shape index (κ2) is 6.75. The molecule has 0 bridgehead atoms. The summed E-state index contributed by atoms with van der Waals surface area (Å²) in [6.07, 6.45) is -0.950. The first-order valence-corrected chi connectivity index (χ1v) is 8.99. The first-order valence-electron chi connectivity index (χ1n) is 8.99. The molecule has 3 aliphatic heterocycles. The van der Waals surface area contributed by atoms with Crippen LogP contribution in [0.25, 0.3) is 0 Å². The van der Waals surface area contributed by atoms with E-state index in [0.29, 0.717) is 23.2 Å². The summed E-state index contributed by atoms with van der Waals surface area (Å²) in [5.74, 6) is 0.656. The molecule has 3 heterocycles. The molecular formula is C18H23FN4O3. The van der Waals surface area contributed by atoms with Crippen LogP contribution in [0.3, 0.4) is 0 Å². The molecule has 0 saturated carbocycles. The highest BCUT2D eigenvalue weighted by molar-refractivity contribution is 5.90. The molecule has 0 aliphatic carbocycles. The summed E-state index contributed by atoms with van der Waals surface area (Å²) in [6, 6.07) is 4.89. The SMILES string of the molecule is CC(=O)NC[C@H]1CN(c2ccc(N3C[C@H]4CNC[C@H]4C3)c(F)c2)C(=O)O1. The zero-order valence-electron chi connectivity index (χ0n) is 14.7. The Morgan fingerprint density at radius 1 is 1.31 bits per heavy atom. The number of fused-ring (bicyclic) bond motifs is 1. The van der Waals surface area contributed by atoms with Crippen molar-refractivity contribution in [3.8, 4) is 0 Å². The predicted octanol–water partition coefficient (Wildman–Crippen LogP) is 0.943. The van der Waals surface area contributed by atoms with E-state index in [-0.39, 0.29) is 24.8 Å². The van der Waals surface area contributed by atoms with Crippen LogP contribution in [0.15, 0.2) is 18.2 Å². The topological polar surface area (TPSA) is 73.9 Å². The number of carbonyl (C=O) groups is 2. The molecule has 3 atom stereocenters. The molecule has 2 amide bonds. The van der Waals surface area contributed by atoms with Crippen molar-refractivity contribution < 1.29 is 18.7 Å². The Balaban J connectivity index is 1.44. The molecule has 0 spiro atoms. The van der Waals surface area contributed by atoms with Crippen LogP contribution in [0.2, 0.25) is 0 Å². The summed E-state index contributed by atoms with van der Waals surface area (Å²) in [6.45, 7) is 5.66. The second-order valence-electron chi connectivity index (χ2n) is 7.27. The summed E-state index contributed by atoms with van der Waals surface area (Å²) in [5, 5.41) is 6.01. The molecule has 7 nitrogen and oxygen atoms in total. The number of hydrogen-bond donors (Lipinski definition) is 2. The Hall–Kier alpha value is -2.35. The van der Waals surface area contributed by atoms with Crippen molar-refractivity contribution in [1.29, 1.82) is 0 Å². The van der Waals surface area contributed by atoms with Gasteiger partial charge in [-0.1, -0.05) is 0 Å². The Kier molecular flexibility index (Phi) is 4.44. The van der Waals surface area contributed by atoms with Gasteiger partial charge in [-0.3, -0.25) is 9.69 Å². The zero-order valence-corrected chi connectivity index (χ0v) is 14.7. The first kappa shape index (κ1) is 17.1. The largest absolute Gasteiger partial charge is 0.442 e. The lowest BCUT2D eigenvalue weighted by Gasteiger charge is -2.22. The number of amides is 2. The summed E-state index contributed by atoms with van der Waals surface area (Å²) in [7, 11) is 0. The first-order chi connectivity index (χ1) is 12.5. The Morgan fingerprint density at radius 3 is 2.69 bits per heavy atom. The van der Waals surface area contributed by atoms with E-state index >= 15 is 0 Å². The van der Waals surface area contributed by atoms with Gasteiger partial charge >= 0.3 is 6.09 Å². The minimum Gasteiger partial charge on any atom is -0.442 e. The highest BCUT2D eigenvalue weighted by Crippen LogP contribution is 2.34. The lowest BCUT2D eigenvalue weighted by Crippen LogP contribution is -2.33. The summed E-state index contributed by atoms with van der Waals surface area (Å²) in [4.78, 5) is 26.6. The van der Waals surface area contributed by atoms with Gasteiger partial charge in [0.2, 0.25) is 5.91 Å². The summed E-state index contributed by atoms with van der Waals surface area (Å²) >= 11 is 0. The molecule has 0 unspecified atom stereocenters. The van der Waals surface area contributed by atoms with Crippen molar-refractivity contribution >= 4 is 23.4 Å². The van der Waals surface area contributed by atoms with Crippen LogP contribution in [0.4, 0.5) is 20.6 Å². The van der Waals surface area contributed by atoms with Gasteiger partial charge in [0.25, 0.3) is 0 Å². The van der Waals surface area contributed by atoms with E-state index in [4.69, 9.17) is 4.74 Å².